The van der Waals surface area contributed by atoms with E-state index < -0.39 is 21.7 Å². The van der Waals surface area contributed by atoms with E-state index in [-0.39, 0.29) is 11.3 Å². The first-order chi connectivity index (χ1) is 10.3. The van der Waals surface area contributed by atoms with Gasteiger partial charge in [0.05, 0.1) is 17.5 Å². The Labute approximate surface area is 128 Å². The second-order valence-corrected chi connectivity index (χ2v) is 6.58. The molecule has 0 fully saturated rings. The SMILES string of the molecule is Cc1ccc(F)cc1NC(=O)c1ccccc1NS(C)(=O)=O. The van der Waals surface area contributed by atoms with Crippen LogP contribution in [0, 0.1) is 12.7 Å². The van der Waals surface area contributed by atoms with Crippen molar-refractivity contribution in [3.05, 3.63) is 59.4 Å². The van der Waals surface area contributed by atoms with Crippen LogP contribution in [-0.2, 0) is 10.0 Å². The van der Waals surface area contributed by atoms with Crippen LogP contribution in [-0.4, -0.2) is 20.6 Å². The first kappa shape index (κ1) is 16.0. The summed E-state index contributed by atoms with van der Waals surface area (Å²) in [6.07, 6.45) is 0.998. The van der Waals surface area contributed by atoms with Crippen LogP contribution in [0.5, 0.6) is 0 Å². The van der Waals surface area contributed by atoms with Gasteiger partial charge in [0.1, 0.15) is 5.82 Å². The molecule has 0 unspecified atom stereocenters. The van der Waals surface area contributed by atoms with Crippen molar-refractivity contribution in [1.82, 2.24) is 0 Å². The van der Waals surface area contributed by atoms with E-state index in [1.54, 1.807) is 25.1 Å². The molecule has 0 aliphatic carbocycles. The zero-order valence-corrected chi connectivity index (χ0v) is 12.9. The number of carbonyl (C=O) groups excluding carboxylic acids is 1. The molecule has 22 heavy (non-hydrogen) atoms. The number of para-hydroxylation sites is 1. The fourth-order valence-electron chi connectivity index (χ4n) is 1.89. The van der Waals surface area contributed by atoms with Gasteiger partial charge in [-0.1, -0.05) is 18.2 Å². The molecular formula is C15H15FN2O3S. The lowest BCUT2D eigenvalue weighted by molar-refractivity contribution is 0.102. The minimum atomic E-state index is -3.51. The van der Waals surface area contributed by atoms with Gasteiger partial charge in [0.25, 0.3) is 5.91 Å². The van der Waals surface area contributed by atoms with Crippen molar-refractivity contribution in [2.24, 2.45) is 0 Å². The molecule has 0 atom stereocenters. The molecule has 2 aromatic rings. The van der Waals surface area contributed by atoms with E-state index in [1.165, 1.54) is 24.3 Å². The molecular weight excluding hydrogens is 307 g/mol. The molecule has 2 rings (SSSR count). The fourth-order valence-corrected chi connectivity index (χ4v) is 2.47. The minimum absolute atomic E-state index is 0.150. The Hall–Kier alpha value is -2.41. The second kappa shape index (κ2) is 6.15. The fraction of sp³-hybridized carbons (Fsp3) is 0.133. The van der Waals surface area contributed by atoms with E-state index >= 15 is 0 Å². The number of hydrogen-bond acceptors (Lipinski definition) is 3. The normalized spacial score (nSPS) is 11.0. The van der Waals surface area contributed by atoms with Gasteiger partial charge in [-0.15, -0.1) is 0 Å². The van der Waals surface area contributed by atoms with E-state index in [0.717, 1.165) is 6.26 Å². The van der Waals surface area contributed by atoms with Gasteiger partial charge in [-0.25, -0.2) is 12.8 Å². The van der Waals surface area contributed by atoms with Crippen molar-refractivity contribution in [1.29, 1.82) is 0 Å². The minimum Gasteiger partial charge on any atom is -0.322 e. The third-order valence-electron chi connectivity index (χ3n) is 2.91. The van der Waals surface area contributed by atoms with Gasteiger partial charge in [0, 0.05) is 5.69 Å². The number of nitrogens with one attached hydrogen (secondary N) is 2. The molecule has 116 valence electrons. The topological polar surface area (TPSA) is 75.3 Å². The number of amides is 1. The summed E-state index contributed by atoms with van der Waals surface area (Å²) in [6.45, 7) is 1.73. The molecule has 0 spiro atoms. The molecule has 1 amide bonds. The third-order valence-corrected chi connectivity index (χ3v) is 3.51. The number of sulfonamides is 1. The van der Waals surface area contributed by atoms with Gasteiger partial charge in [0.2, 0.25) is 10.0 Å². The first-order valence-electron chi connectivity index (χ1n) is 6.40. The number of benzene rings is 2. The average molecular weight is 322 g/mol. The van der Waals surface area contributed by atoms with Crippen LogP contribution in [0.1, 0.15) is 15.9 Å². The number of rotatable bonds is 4. The summed E-state index contributed by atoms with van der Waals surface area (Å²) in [4.78, 5) is 12.3. The van der Waals surface area contributed by atoms with E-state index in [9.17, 15) is 17.6 Å². The highest BCUT2D eigenvalue weighted by Crippen LogP contribution is 2.21. The summed E-state index contributed by atoms with van der Waals surface area (Å²) in [5, 5.41) is 2.58. The maximum Gasteiger partial charge on any atom is 0.257 e. The summed E-state index contributed by atoms with van der Waals surface area (Å²) < 4.78 is 38.2. The van der Waals surface area contributed by atoms with E-state index in [1.807, 2.05) is 0 Å². The Morgan fingerprint density at radius 3 is 2.45 bits per heavy atom. The number of hydrogen-bond donors (Lipinski definition) is 2. The van der Waals surface area contributed by atoms with Crippen LogP contribution in [0.15, 0.2) is 42.5 Å². The van der Waals surface area contributed by atoms with Gasteiger partial charge in [-0.2, -0.15) is 0 Å². The molecule has 0 heterocycles. The monoisotopic (exact) mass is 322 g/mol. The summed E-state index contributed by atoms with van der Waals surface area (Å²) >= 11 is 0. The molecule has 5 nitrogen and oxygen atoms in total. The van der Waals surface area contributed by atoms with Crippen LogP contribution in [0.3, 0.4) is 0 Å². The Balaban J connectivity index is 2.32. The predicted octanol–water partition coefficient (Wildman–Crippen LogP) is 2.76. The molecule has 0 bridgehead atoms. The van der Waals surface area contributed by atoms with E-state index in [2.05, 4.69) is 10.0 Å². The molecule has 0 aromatic heterocycles. The Morgan fingerprint density at radius 2 is 1.77 bits per heavy atom. The molecule has 2 N–H and O–H groups in total. The quantitative estimate of drug-likeness (QED) is 0.909. The van der Waals surface area contributed by atoms with E-state index in [0.29, 0.717) is 11.3 Å². The lowest BCUT2D eigenvalue weighted by atomic mass is 10.1. The molecule has 0 radical (unpaired) electrons. The summed E-state index contributed by atoms with van der Waals surface area (Å²) in [7, 11) is -3.51. The first-order valence-corrected chi connectivity index (χ1v) is 8.30. The zero-order chi connectivity index (χ0) is 16.3. The van der Waals surface area contributed by atoms with Crippen LogP contribution < -0.4 is 10.0 Å². The van der Waals surface area contributed by atoms with Gasteiger partial charge in [-0.05, 0) is 36.8 Å². The van der Waals surface area contributed by atoms with Crippen LogP contribution in [0.4, 0.5) is 15.8 Å². The van der Waals surface area contributed by atoms with Gasteiger partial charge >= 0.3 is 0 Å². The molecule has 2 aromatic carbocycles. The van der Waals surface area contributed by atoms with E-state index in [4.69, 9.17) is 0 Å². The number of halogens is 1. The van der Waals surface area contributed by atoms with Crippen molar-refractivity contribution in [2.75, 3.05) is 16.3 Å². The largest absolute Gasteiger partial charge is 0.322 e. The number of carbonyl (C=O) groups is 1. The van der Waals surface area contributed by atoms with Gasteiger partial charge < -0.3 is 5.32 Å². The Morgan fingerprint density at radius 1 is 1.09 bits per heavy atom. The summed E-state index contributed by atoms with van der Waals surface area (Å²) in [5.41, 5.74) is 1.34. The Bertz CT molecular complexity index is 819. The summed E-state index contributed by atoms with van der Waals surface area (Å²) in [6, 6.07) is 10.2. The molecule has 0 aliphatic heterocycles. The molecule has 0 saturated heterocycles. The van der Waals surface area contributed by atoms with Crippen molar-refractivity contribution in [3.8, 4) is 0 Å². The third kappa shape index (κ3) is 4.05. The molecule has 0 saturated carbocycles. The lowest BCUT2D eigenvalue weighted by Crippen LogP contribution is -2.18. The van der Waals surface area contributed by atoms with Gasteiger partial charge in [0.15, 0.2) is 0 Å². The van der Waals surface area contributed by atoms with Crippen LogP contribution in [0.25, 0.3) is 0 Å². The van der Waals surface area contributed by atoms with Crippen molar-refractivity contribution < 1.29 is 17.6 Å². The summed E-state index contributed by atoms with van der Waals surface area (Å²) in [5.74, 6) is -0.996. The standard InChI is InChI=1S/C15H15FN2O3S/c1-10-7-8-11(16)9-14(10)17-15(19)12-5-3-4-6-13(12)18-22(2,20)21/h3-9,18H,1-2H3,(H,17,19). The Kier molecular flexibility index (Phi) is 4.46. The van der Waals surface area contributed by atoms with Crippen LogP contribution >= 0.6 is 0 Å². The van der Waals surface area contributed by atoms with Gasteiger partial charge in [-0.3, -0.25) is 9.52 Å². The highest BCUT2D eigenvalue weighted by atomic mass is 32.2. The highest BCUT2D eigenvalue weighted by Gasteiger charge is 2.14. The number of aryl methyl sites for hydroxylation is 1. The maximum atomic E-state index is 13.3. The zero-order valence-electron chi connectivity index (χ0n) is 12.1. The lowest BCUT2D eigenvalue weighted by Gasteiger charge is -2.12. The van der Waals surface area contributed by atoms with Crippen molar-refractivity contribution >= 4 is 27.3 Å². The molecule has 0 aliphatic rings. The second-order valence-electron chi connectivity index (χ2n) is 4.83. The maximum absolute atomic E-state index is 13.3. The molecule has 7 heteroatoms. The smallest absolute Gasteiger partial charge is 0.257 e. The predicted molar refractivity (Wildman–Crippen MR) is 84.0 cm³/mol. The van der Waals surface area contributed by atoms with Crippen molar-refractivity contribution in [3.63, 3.8) is 0 Å². The van der Waals surface area contributed by atoms with Crippen LogP contribution in [0.2, 0.25) is 0 Å². The van der Waals surface area contributed by atoms with Crippen molar-refractivity contribution in [2.45, 2.75) is 6.92 Å². The number of anilines is 2. The highest BCUT2D eigenvalue weighted by molar-refractivity contribution is 7.92. The average Bonchev–Trinajstić information content (AvgIpc) is 2.41.